The highest BCUT2D eigenvalue weighted by atomic mass is 32.1. The van der Waals surface area contributed by atoms with Crippen LogP contribution in [-0.4, -0.2) is 26.4 Å². The molecule has 146 valence electrons. The summed E-state index contributed by atoms with van der Waals surface area (Å²) in [6, 6.07) is 5.85. The SMILES string of the molecule is Cc1ccc(C2CC2COc2cc(NCc3nc(C)cs3)c(=O)n(C)n2)nc1. The summed E-state index contributed by atoms with van der Waals surface area (Å²) >= 11 is 1.57. The van der Waals surface area contributed by atoms with E-state index in [-0.39, 0.29) is 5.56 Å². The molecular formula is C20H23N5O2S. The standard InChI is InChI=1S/C20H23N5O2S/c1-12-4-5-16(21-8-12)15-6-14(15)10-27-18-7-17(20(26)25(3)24-18)22-9-19-23-13(2)11-28-19/h4-5,7-8,11,14-15,22H,6,9-10H2,1-3H3. The molecule has 3 aromatic heterocycles. The van der Waals surface area contributed by atoms with Crippen LogP contribution in [0.2, 0.25) is 0 Å². The maximum Gasteiger partial charge on any atom is 0.290 e. The fourth-order valence-electron chi connectivity index (χ4n) is 3.12. The number of hydrogen-bond acceptors (Lipinski definition) is 7. The number of pyridine rings is 1. The summed E-state index contributed by atoms with van der Waals surface area (Å²) in [5.41, 5.74) is 3.55. The molecule has 1 saturated carbocycles. The molecule has 0 amide bonds. The monoisotopic (exact) mass is 397 g/mol. The molecular weight excluding hydrogens is 374 g/mol. The third-order valence-corrected chi connectivity index (χ3v) is 5.79. The molecule has 0 saturated heterocycles. The molecule has 2 unspecified atom stereocenters. The number of aryl methyl sites for hydroxylation is 3. The Morgan fingerprint density at radius 2 is 2.21 bits per heavy atom. The van der Waals surface area contributed by atoms with Gasteiger partial charge >= 0.3 is 0 Å². The van der Waals surface area contributed by atoms with E-state index in [2.05, 4.69) is 32.5 Å². The first-order valence-corrected chi connectivity index (χ1v) is 10.2. The Bertz CT molecular complexity index is 1030. The second-order valence-electron chi connectivity index (χ2n) is 7.23. The second-order valence-corrected chi connectivity index (χ2v) is 8.18. The zero-order chi connectivity index (χ0) is 19.7. The molecule has 4 rings (SSSR count). The molecule has 0 aromatic carbocycles. The van der Waals surface area contributed by atoms with E-state index in [9.17, 15) is 4.79 Å². The molecule has 28 heavy (non-hydrogen) atoms. The van der Waals surface area contributed by atoms with Crippen LogP contribution in [0.5, 0.6) is 5.88 Å². The van der Waals surface area contributed by atoms with Gasteiger partial charge in [-0.1, -0.05) is 6.07 Å². The van der Waals surface area contributed by atoms with E-state index in [0.29, 0.717) is 36.6 Å². The van der Waals surface area contributed by atoms with Gasteiger partial charge in [-0.3, -0.25) is 9.78 Å². The molecule has 7 nitrogen and oxygen atoms in total. The summed E-state index contributed by atoms with van der Waals surface area (Å²) in [7, 11) is 1.63. The van der Waals surface area contributed by atoms with Crippen LogP contribution in [0.25, 0.3) is 0 Å². The molecule has 8 heteroatoms. The lowest BCUT2D eigenvalue weighted by molar-refractivity contribution is 0.278. The van der Waals surface area contributed by atoms with Gasteiger partial charge in [-0.15, -0.1) is 16.4 Å². The van der Waals surface area contributed by atoms with Gasteiger partial charge in [0.2, 0.25) is 5.88 Å². The van der Waals surface area contributed by atoms with Crippen molar-refractivity contribution in [3.8, 4) is 5.88 Å². The quantitative estimate of drug-likeness (QED) is 0.660. The van der Waals surface area contributed by atoms with E-state index in [1.807, 2.05) is 25.4 Å². The zero-order valence-corrected chi connectivity index (χ0v) is 17.0. The second kappa shape index (κ2) is 7.71. The maximum absolute atomic E-state index is 12.3. The van der Waals surface area contributed by atoms with Crippen molar-refractivity contribution in [2.45, 2.75) is 32.7 Å². The summed E-state index contributed by atoms with van der Waals surface area (Å²) in [5.74, 6) is 1.32. The van der Waals surface area contributed by atoms with Gasteiger partial charge in [0.15, 0.2) is 0 Å². The van der Waals surface area contributed by atoms with Crippen LogP contribution in [0.4, 0.5) is 5.69 Å². The maximum atomic E-state index is 12.3. The van der Waals surface area contributed by atoms with Gasteiger partial charge in [0.25, 0.3) is 5.56 Å². The molecule has 0 spiro atoms. The summed E-state index contributed by atoms with van der Waals surface area (Å²) in [5, 5.41) is 10.3. The van der Waals surface area contributed by atoms with Gasteiger partial charge in [0, 0.05) is 47.9 Å². The van der Waals surface area contributed by atoms with Crippen LogP contribution in [0.15, 0.2) is 34.6 Å². The molecule has 1 aliphatic rings. The van der Waals surface area contributed by atoms with E-state index in [1.165, 1.54) is 10.2 Å². The van der Waals surface area contributed by atoms with E-state index in [1.54, 1.807) is 24.5 Å². The summed E-state index contributed by atoms with van der Waals surface area (Å²) in [4.78, 5) is 21.2. The van der Waals surface area contributed by atoms with Crippen molar-refractivity contribution >= 4 is 17.0 Å². The number of hydrogen-bond donors (Lipinski definition) is 1. The zero-order valence-electron chi connectivity index (χ0n) is 16.2. The van der Waals surface area contributed by atoms with Crippen molar-refractivity contribution in [2.75, 3.05) is 11.9 Å². The van der Waals surface area contributed by atoms with Crippen molar-refractivity contribution < 1.29 is 4.74 Å². The van der Waals surface area contributed by atoms with Crippen molar-refractivity contribution in [3.05, 3.63) is 62.1 Å². The molecule has 3 heterocycles. The fourth-order valence-corrected chi connectivity index (χ4v) is 3.83. The van der Waals surface area contributed by atoms with Crippen LogP contribution >= 0.6 is 11.3 Å². The number of nitrogens with zero attached hydrogens (tertiary/aromatic N) is 4. The molecule has 3 aromatic rings. The molecule has 1 aliphatic carbocycles. The van der Waals surface area contributed by atoms with Gasteiger partial charge in [0.05, 0.1) is 13.2 Å². The van der Waals surface area contributed by atoms with Gasteiger partial charge < -0.3 is 10.1 Å². The number of aromatic nitrogens is 4. The van der Waals surface area contributed by atoms with Gasteiger partial charge in [-0.25, -0.2) is 9.67 Å². The lowest BCUT2D eigenvalue weighted by Gasteiger charge is -2.10. The Balaban J connectivity index is 1.37. The minimum atomic E-state index is -0.186. The molecule has 0 radical (unpaired) electrons. The number of nitrogens with one attached hydrogen (secondary N) is 1. The average molecular weight is 398 g/mol. The third kappa shape index (κ3) is 4.22. The predicted molar refractivity (Wildman–Crippen MR) is 109 cm³/mol. The summed E-state index contributed by atoms with van der Waals surface area (Å²) in [6.07, 6.45) is 2.97. The molecule has 2 atom stereocenters. The van der Waals surface area contributed by atoms with E-state index in [0.717, 1.165) is 22.8 Å². The highest BCUT2D eigenvalue weighted by molar-refractivity contribution is 7.09. The number of anilines is 1. The topological polar surface area (TPSA) is 81.9 Å². The molecule has 0 aliphatic heterocycles. The highest BCUT2D eigenvalue weighted by Crippen LogP contribution is 2.46. The molecule has 1 fully saturated rings. The van der Waals surface area contributed by atoms with Crippen molar-refractivity contribution in [1.29, 1.82) is 0 Å². The third-order valence-electron chi connectivity index (χ3n) is 4.82. The molecule has 0 bridgehead atoms. The first-order chi connectivity index (χ1) is 13.5. The van der Waals surface area contributed by atoms with Crippen molar-refractivity contribution in [3.63, 3.8) is 0 Å². The van der Waals surface area contributed by atoms with Gasteiger partial charge in [-0.2, -0.15) is 0 Å². The smallest absolute Gasteiger partial charge is 0.290 e. The van der Waals surface area contributed by atoms with Crippen LogP contribution in [0, 0.1) is 19.8 Å². The summed E-state index contributed by atoms with van der Waals surface area (Å²) in [6.45, 7) is 5.06. The average Bonchev–Trinajstić information content (AvgIpc) is 3.34. The van der Waals surface area contributed by atoms with Crippen LogP contribution in [0.1, 0.15) is 34.3 Å². The first-order valence-electron chi connectivity index (χ1n) is 9.28. The highest BCUT2D eigenvalue weighted by Gasteiger charge is 2.40. The lowest BCUT2D eigenvalue weighted by atomic mass is 10.2. The van der Waals surface area contributed by atoms with Gasteiger partial charge in [-0.05, 0) is 31.9 Å². The van der Waals surface area contributed by atoms with Crippen LogP contribution < -0.4 is 15.6 Å². The Morgan fingerprint density at radius 1 is 1.36 bits per heavy atom. The van der Waals surface area contributed by atoms with E-state index < -0.39 is 0 Å². The normalized spacial score (nSPS) is 18.1. The van der Waals surface area contributed by atoms with Crippen LogP contribution in [0.3, 0.4) is 0 Å². The van der Waals surface area contributed by atoms with Gasteiger partial charge in [0.1, 0.15) is 10.7 Å². The Hall–Kier alpha value is -2.74. The minimum Gasteiger partial charge on any atom is -0.476 e. The lowest BCUT2D eigenvalue weighted by Crippen LogP contribution is -2.24. The predicted octanol–water partition coefficient (Wildman–Crippen LogP) is 3.04. The summed E-state index contributed by atoms with van der Waals surface area (Å²) < 4.78 is 7.19. The molecule has 1 N–H and O–H groups in total. The van der Waals surface area contributed by atoms with E-state index in [4.69, 9.17) is 4.74 Å². The Kier molecular flexibility index (Phi) is 5.13. The van der Waals surface area contributed by atoms with E-state index >= 15 is 0 Å². The van der Waals surface area contributed by atoms with Crippen molar-refractivity contribution in [1.82, 2.24) is 19.7 Å². The first kappa shape index (κ1) is 18.6. The minimum absolute atomic E-state index is 0.186. The number of ether oxygens (including phenoxy) is 1. The van der Waals surface area contributed by atoms with Crippen LogP contribution in [-0.2, 0) is 13.6 Å². The Morgan fingerprint density at radius 3 is 2.93 bits per heavy atom. The fraction of sp³-hybridized carbons (Fsp3) is 0.400. The number of rotatable bonds is 7. The van der Waals surface area contributed by atoms with Crippen molar-refractivity contribution in [2.24, 2.45) is 13.0 Å². The largest absolute Gasteiger partial charge is 0.476 e. The number of thiazole rings is 1. The Labute approximate surface area is 167 Å².